The van der Waals surface area contributed by atoms with Crippen LogP contribution < -0.4 is 10.6 Å². The average molecular weight is 395 g/mol. The van der Waals surface area contributed by atoms with Gasteiger partial charge in [0.25, 0.3) is 0 Å². The third-order valence-electron chi connectivity index (χ3n) is 4.07. The zero-order valence-electron chi connectivity index (χ0n) is 17.0. The van der Waals surface area contributed by atoms with Crippen LogP contribution >= 0.6 is 0 Å². The summed E-state index contributed by atoms with van der Waals surface area (Å²) in [7, 11) is 0. The molecule has 0 radical (unpaired) electrons. The maximum atomic E-state index is 13.0. The van der Waals surface area contributed by atoms with Gasteiger partial charge in [0.1, 0.15) is 17.2 Å². The van der Waals surface area contributed by atoms with Crippen LogP contribution in [0.5, 0.6) is 0 Å². The predicted molar refractivity (Wildman–Crippen MR) is 111 cm³/mol. The number of benzene rings is 2. The van der Waals surface area contributed by atoms with Crippen molar-refractivity contribution in [1.82, 2.24) is 10.3 Å². The number of nitrogens with zero attached hydrogens (tertiary/aromatic N) is 1. The zero-order chi connectivity index (χ0) is 21.0. The average Bonchev–Trinajstić information content (AvgIpc) is 3.02. The molecule has 0 aliphatic carbocycles. The quantitative estimate of drug-likeness (QED) is 0.675. The van der Waals surface area contributed by atoms with Crippen molar-refractivity contribution in [1.29, 1.82) is 0 Å². The Morgan fingerprint density at radius 1 is 1.10 bits per heavy atom. The van der Waals surface area contributed by atoms with Crippen LogP contribution in [0.4, 0.5) is 10.5 Å². The SMILES string of the molecule is Cc1nc2cccc(NC(=O)C(Cc3ccccc3)NC(=O)OC(C)(C)C)c2o1. The minimum Gasteiger partial charge on any atom is -0.444 e. The summed E-state index contributed by atoms with van der Waals surface area (Å²) in [6.07, 6.45) is -0.334. The molecule has 1 aromatic heterocycles. The number of fused-ring (bicyclic) bond motifs is 1. The van der Waals surface area contributed by atoms with Crippen LogP contribution in [-0.2, 0) is 16.0 Å². The smallest absolute Gasteiger partial charge is 0.408 e. The molecule has 2 N–H and O–H groups in total. The summed E-state index contributed by atoms with van der Waals surface area (Å²) >= 11 is 0. The number of hydrogen-bond acceptors (Lipinski definition) is 5. The Morgan fingerprint density at radius 3 is 2.52 bits per heavy atom. The van der Waals surface area contributed by atoms with Crippen molar-refractivity contribution in [3.05, 3.63) is 60.0 Å². The number of aromatic nitrogens is 1. The van der Waals surface area contributed by atoms with Gasteiger partial charge in [-0.15, -0.1) is 0 Å². The summed E-state index contributed by atoms with van der Waals surface area (Å²) in [5, 5.41) is 5.52. The molecule has 1 atom stereocenters. The van der Waals surface area contributed by atoms with E-state index in [1.165, 1.54) is 0 Å². The zero-order valence-corrected chi connectivity index (χ0v) is 17.0. The monoisotopic (exact) mass is 395 g/mol. The number of oxazole rings is 1. The summed E-state index contributed by atoms with van der Waals surface area (Å²) in [4.78, 5) is 29.6. The second-order valence-corrected chi connectivity index (χ2v) is 7.76. The van der Waals surface area contributed by atoms with E-state index in [-0.39, 0.29) is 5.91 Å². The molecule has 152 valence electrons. The fourth-order valence-electron chi connectivity index (χ4n) is 2.89. The predicted octanol–water partition coefficient (Wildman–Crippen LogP) is 4.21. The van der Waals surface area contributed by atoms with Gasteiger partial charge in [-0.2, -0.15) is 0 Å². The Morgan fingerprint density at radius 2 is 1.83 bits per heavy atom. The highest BCUT2D eigenvalue weighted by Crippen LogP contribution is 2.24. The molecule has 0 saturated carbocycles. The highest BCUT2D eigenvalue weighted by molar-refractivity contribution is 6.02. The molecule has 1 unspecified atom stereocenters. The topological polar surface area (TPSA) is 93.5 Å². The van der Waals surface area contributed by atoms with Gasteiger partial charge in [-0.1, -0.05) is 36.4 Å². The van der Waals surface area contributed by atoms with Gasteiger partial charge in [0, 0.05) is 13.3 Å². The van der Waals surface area contributed by atoms with E-state index < -0.39 is 17.7 Å². The van der Waals surface area contributed by atoms with Gasteiger partial charge < -0.3 is 19.8 Å². The standard InChI is InChI=1S/C22H25N3O4/c1-14-23-16-11-8-12-17(19(16)28-14)24-20(26)18(13-15-9-6-5-7-10-15)25-21(27)29-22(2,3)4/h5-12,18H,13H2,1-4H3,(H,24,26)(H,25,27). The van der Waals surface area contributed by atoms with Crippen LogP contribution in [0.2, 0.25) is 0 Å². The molecular formula is C22H25N3O4. The number of amides is 2. The molecule has 1 heterocycles. The first-order valence-electron chi connectivity index (χ1n) is 9.42. The van der Waals surface area contributed by atoms with Crippen molar-refractivity contribution >= 4 is 28.8 Å². The third-order valence-corrected chi connectivity index (χ3v) is 4.07. The summed E-state index contributed by atoms with van der Waals surface area (Å²) < 4.78 is 10.9. The maximum Gasteiger partial charge on any atom is 0.408 e. The van der Waals surface area contributed by atoms with Crippen LogP contribution in [0, 0.1) is 6.92 Å². The molecule has 0 aliphatic heterocycles. The molecule has 0 bridgehead atoms. The summed E-state index contributed by atoms with van der Waals surface area (Å²) in [5.41, 5.74) is 1.89. The van der Waals surface area contributed by atoms with E-state index in [1.54, 1.807) is 39.8 Å². The number of rotatable bonds is 5. The van der Waals surface area contributed by atoms with Crippen molar-refractivity contribution in [3.8, 4) is 0 Å². The van der Waals surface area contributed by atoms with E-state index in [4.69, 9.17) is 9.15 Å². The van der Waals surface area contributed by atoms with Crippen LogP contribution in [0.25, 0.3) is 11.1 Å². The highest BCUT2D eigenvalue weighted by Gasteiger charge is 2.25. The molecule has 0 spiro atoms. The summed E-state index contributed by atoms with van der Waals surface area (Å²) in [5.74, 6) is 0.135. The molecule has 0 aliphatic rings. The van der Waals surface area contributed by atoms with Crippen molar-refractivity contribution < 1.29 is 18.7 Å². The van der Waals surface area contributed by atoms with Crippen LogP contribution in [0.3, 0.4) is 0 Å². The number of carbonyl (C=O) groups excluding carboxylic acids is 2. The second kappa shape index (κ2) is 8.34. The van der Waals surface area contributed by atoms with Gasteiger partial charge in [-0.05, 0) is 38.5 Å². The number of para-hydroxylation sites is 1. The largest absolute Gasteiger partial charge is 0.444 e. The Hall–Kier alpha value is -3.35. The molecule has 7 nitrogen and oxygen atoms in total. The normalized spacial score (nSPS) is 12.4. The van der Waals surface area contributed by atoms with Crippen molar-refractivity contribution in [2.24, 2.45) is 0 Å². The number of aryl methyl sites for hydroxylation is 1. The van der Waals surface area contributed by atoms with Crippen LogP contribution in [0.15, 0.2) is 52.9 Å². The van der Waals surface area contributed by atoms with E-state index in [1.807, 2.05) is 36.4 Å². The second-order valence-electron chi connectivity index (χ2n) is 7.76. The number of hydrogen-bond donors (Lipinski definition) is 2. The summed E-state index contributed by atoms with van der Waals surface area (Å²) in [6.45, 7) is 7.05. The molecule has 2 aromatic carbocycles. The van der Waals surface area contributed by atoms with Gasteiger partial charge in [-0.3, -0.25) is 4.79 Å². The number of nitrogens with one attached hydrogen (secondary N) is 2. The van der Waals surface area contributed by atoms with Crippen LogP contribution in [0.1, 0.15) is 32.2 Å². The molecular weight excluding hydrogens is 370 g/mol. The molecule has 0 fully saturated rings. The molecule has 0 saturated heterocycles. The number of alkyl carbamates (subject to hydrolysis) is 1. The summed E-state index contributed by atoms with van der Waals surface area (Å²) in [6, 6.07) is 14.0. The fourth-order valence-corrected chi connectivity index (χ4v) is 2.89. The lowest BCUT2D eigenvalue weighted by Crippen LogP contribution is -2.47. The number of anilines is 1. The lowest BCUT2D eigenvalue weighted by molar-refractivity contribution is -0.118. The Kier molecular flexibility index (Phi) is 5.87. The number of ether oxygens (including phenoxy) is 1. The lowest BCUT2D eigenvalue weighted by atomic mass is 10.1. The van der Waals surface area contributed by atoms with E-state index in [0.717, 1.165) is 5.56 Å². The van der Waals surface area contributed by atoms with Gasteiger partial charge >= 0.3 is 6.09 Å². The third kappa shape index (κ3) is 5.57. The van der Waals surface area contributed by atoms with Crippen LogP contribution in [-0.4, -0.2) is 28.6 Å². The van der Waals surface area contributed by atoms with E-state index >= 15 is 0 Å². The minimum atomic E-state index is -0.827. The Bertz CT molecular complexity index is 1010. The highest BCUT2D eigenvalue weighted by atomic mass is 16.6. The number of carbonyl (C=O) groups is 2. The molecule has 2 amide bonds. The van der Waals surface area contributed by atoms with Gasteiger partial charge in [0.15, 0.2) is 11.5 Å². The molecule has 3 rings (SSSR count). The van der Waals surface area contributed by atoms with Gasteiger partial charge in [-0.25, -0.2) is 9.78 Å². The van der Waals surface area contributed by atoms with Gasteiger partial charge in [0.2, 0.25) is 5.91 Å². The molecule has 7 heteroatoms. The van der Waals surface area contributed by atoms with Crippen molar-refractivity contribution in [3.63, 3.8) is 0 Å². The fraction of sp³-hybridized carbons (Fsp3) is 0.318. The van der Waals surface area contributed by atoms with E-state index in [0.29, 0.717) is 29.1 Å². The minimum absolute atomic E-state index is 0.317. The first kappa shape index (κ1) is 20.4. The lowest BCUT2D eigenvalue weighted by Gasteiger charge is -2.23. The first-order chi connectivity index (χ1) is 13.7. The van der Waals surface area contributed by atoms with Crippen molar-refractivity contribution in [2.75, 3.05) is 5.32 Å². The van der Waals surface area contributed by atoms with Gasteiger partial charge in [0.05, 0.1) is 5.69 Å². The Balaban J connectivity index is 1.81. The van der Waals surface area contributed by atoms with E-state index in [9.17, 15) is 9.59 Å². The maximum absolute atomic E-state index is 13.0. The van der Waals surface area contributed by atoms with E-state index in [2.05, 4.69) is 15.6 Å². The molecule has 3 aromatic rings. The Labute approximate surface area is 169 Å². The molecule has 29 heavy (non-hydrogen) atoms. The van der Waals surface area contributed by atoms with Crippen molar-refractivity contribution in [2.45, 2.75) is 45.8 Å². The first-order valence-corrected chi connectivity index (χ1v) is 9.42.